The first kappa shape index (κ1) is 24.7. The third kappa shape index (κ3) is 5.71. The van der Waals surface area contributed by atoms with Crippen molar-refractivity contribution in [2.24, 2.45) is 0 Å². The lowest BCUT2D eigenvalue weighted by atomic mass is 10.3. The summed E-state index contributed by atoms with van der Waals surface area (Å²) in [5.74, 6) is -0.381. The van der Waals surface area contributed by atoms with Crippen molar-refractivity contribution in [2.45, 2.75) is 31.6 Å². The molecule has 0 bridgehead atoms. The van der Waals surface area contributed by atoms with Crippen molar-refractivity contribution in [3.05, 3.63) is 46.3 Å². The number of benzene rings is 1. The molecule has 1 saturated heterocycles. The Morgan fingerprint density at radius 1 is 1.15 bits per heavy atom. The summed E-state index contributed by atoms with van der Waals surface area (Å²) in [5.41, 5.74) is -0.359. The van der Waals surface area contributed by atoms with Gasteiger partial charge in [-0.15, -0.1) is 5.10 Å². The number of rotatable bonds is 10. The predicted molar refractivity (Wildman–Crippen MR) is 115 cm³/mol. The third-order valence-corrected chi connectivity index (χ3v) is 6.95. The van der Waals surface area contributed by atoms with Gasteiger partial charge in [0.05, 0.1) is 17.7 Å². The van der Waals surface area contributed by atoms with E-state index in [0.717, 1.165) is 10.4 Å². The summed E-state index contributed by atoms with van der Waals surface area (Å²) in [6, 6.07) is 5.20. The van der Waals surface area contributed by atoms with E-state index in [1.54, 1.807) is 0 Å². The van der Waals surface area contributed by atoms with Gasteiger partial charge in [0.2, 0.25) is 10.0 Å². The predicted octanol–water partition coefficient (Wildman–Crippen LogP) is 0.732. The van der Waals surface area contributed by atoms with Crippen LogP contribution in [0.2, 0.25) is 0 Å². The molecule has 1 aromatic carbocycles. The molecule has 1 fully saturated rings. The van der Waals surface area contributed by atoms with Gasteiger partial charge in [-0.2, -0.15) is 4.31 Å². The Bertz CT molecular complexity index is 1080. The Morgan fingerprint density at radius 2 is 1.79 bits per heavy atom. The highest BCUT2D eigenvalue weighted by Crippen LogP contribution is 2.27. The number of carbonyl (C=O) groups excluding carboxylic acids is 1. The van der Waals surface area contributed by atoms with E-state index in [1.807, 2.05) is 13.8 Å². The Balaban J connectivity index is 1.64. The van der Waals surface area contributed by atoms with Gasteiger partial charge in [0.15, 0.2) is 16.9 Å². The number of aromatic nitrogens is 3. The molecule has 0 N–H and O–H groups in total. The van der Waals surface area contributed by atoms with Gasteiger partial charge in [0, 0.05) is 45.5 Å². The summed E-state index contributed by atoms with van der Waals surface area (Å²) in [5, 5.41) is 19.1. The van der Waals surface area contributed by atoms with Crippen LogP contribution < -0.4 is 0 Å². The smallest absolute Gasteiger partial charge is 0.289 e. The van der Waals surface area contributed by atoms with Gasteiger partial charge in [-0.25, -0.2) is 13.1 Å². The van der Waals surface area contributed by atoms with E-state index in [1.165, 1.54) is 34.0 Å². The summed E-state index contributed by atoms with van der Waals surface area (Å²) < 4.78 is 39.4. The van der Waals surface area contributed by atoms with Crippen LogP contribution in [-0.2, 0) is 26.0 Å². The average Bonchev–Trinajstić information content (AvgIpc) is 3.27. The Morgan fingerprint density at radius 3 is 2.39 bits per heavy atom. The van der Waals surface area contributed by atoms with Crippen molar-refractivity contribution < 1.29 is 27.6 Å². The molecule has 1 amide bonds. The van der Waals surface area contributed by atoms with Crippen LogP contribution in [0.3, 0.4) is 0 Å². The Kier molecular flexibility index (Phi) is 8.07. The van der Waals surface area contributed by atoms with E-state index in [9.17, 15) is 23.3 Å². The maximum Gasteiger partial charge on any atom is 0.289 e. The normalized spacial score (nSPS) is 15.2. The molecule has 0 unspecified atom stereocenters. The van der Waals surface area contributed by atoms with Crippen LogP contribution in [0.5, 0.6) is 0 Å². The van der Waals surface area contributed by atoms with E-state index in [2.05, 4.69) is 10.3 Å². The molecular formula is C19H26N6O7S. The molecule has 3 rings (SSSR count). The van der Waals surface area contributed by atoms with Crippen LogP contribution >= 0.6 is 0 Å². The first-order valence-electron chi connectivity index (χ1n) is 10.4. The molecule has 1 aromatic heterocycles. The fourth-order valence-electron chi connectivity index (χ4n) is 3.42. The molecule has 2 aromatic rings. The number of amides is 1. The minimum absolute atomic E-state index is 0.00497. The Hall–Kier alpha value is -2.94. The summed E-state index contributed by atoms with van der Waals surface area (Å²) in [7, 11) is -4.08. The number of sulfonamides is 1. The largest absolute Gasteiger partial charge is 0.351 e. The number of nitro groups is 1. The van der Waals surface area contributed by atoms with Crippen molar-refractivity contribution in [2.75, 3.05) is 39.4 Å². The van der Waals surface area contributed by atoms with Crippen molar-refractivity contribution in [1.29, 1.82) is 0 Å². The second-order valence-electron chi connectivity index (χ2n) is 7.09. The number of hydrogen-bond acceptors (Lipinski definition) is 9. The van der Waals surface area contributed by atoms with Crippen LogP contribution in [0.25, 0.3) is 0 Å². The van der Waals surface area contributed by atoms with Crippen molar-refractivity contribution in [1.82, 2.24) is 24.2 Å². The maximum atomic E-state index is 12.9. The first-order chi connectivity index (χ1) is 15.8. The quantitative estimate of drug-likeness (QED) is 0.271. The number of hydrogen-bond donors (Lipinski definition) is 0. The number of nitrogens with zero attached hydrogens (tertiary/aromatic N) is 6. The monoisotopic (exact) mass is 482 g/mol. The van der Waals surface area contributed by atoms with E-state index >= 15 is 0 Å². The number of para-hydroxylation sites is 1. The third-order valence-electron chi connectivity index (χ3n) is 5.00. The molecule has 0 aliphatic carbocycles. The molecular weight excluding hydrogens is 456 g/mol. The van der Waals surface area contributed by atoms with Crippen LogP contribution in [0, 0.1) is 10.1 Å². The summed E-state index contributed by atoms with van der Waals surface area (Å²) in [6.07, 6.45) is 0.976. The highest BCUT2D eigenvalue weighted by molar-refractivity contribution is 7.89. The molecule has 2 heterocycles. The average molecular weight is 483 g/mol. The van der Waals surface area contributed by atoms with Gasteiger partial charge in [-0.3, -0.25) is 14.9 Å². The van der Waals surface area contributed by atoms with Gasteiger partial charge >= 0.3 is 0 Å². The number of carbonyl (C=O) groups is 1. The SMILES string of the molecule is CCOC(Cn1cc(C(=O)N2CCN(S(=O)(=O)c3ccccc3[N+](=O)[O-])CC2)nn1)OCC. The van der Waals surface area contributed by atoms with E-state index < -0.39 is 26.9 Å². The molecule has 180 valence electrons. The fourth-order valence-corrected chi connectivity index (χ4v) is 5.00. The second kappa shape index (κ2) is 10.8. The zero-order valence-corrected chi connectivity index (χ0v) is 19.2. The summed E-state index contributed by atoms with van der Waals surface area (Å²) in [4.78, 5) is 24.4. The molecule has 0 radical (unpaired) electrons. The molecule has 14 heteroatoms. The van der Waals surface area contributed by atoms with Crippen LogP contribution in [0.4, 0.5) is 5.69 Å². The fraction of sp³-hybridized carbons (Fsp3) is 0.526. The van der Waals surface area contributed by atoms with E-state index in [-0.39, 0.29) is 49.2 Å². The van der Waals surface area contributed by atoms with Gasteiger partial charge in [0.1, 0.15) is 0 Å². The summed E-state index contributed by atoms with van der Waals surface area (Å²) in [6.45, 7) is 5.13. The van der Waals surface area contributed by atoms with Gasteiger partial charge in [0.25, 0.3) is 11.6 Å². The van der Waals surface area contributed by atoms with Gasteiger partial charge in [-0.1, -0.05) is 17.3 Å². The summed E-state index contributed by atoms with van der Waals surface area (Å²) >= 11 is 0. The topological polar surface area (TPSA) is 150 Å². The highest BCUT2D eigenvalue weighted by Gasteiger charge is 2.35. The number of nitro benzene ring substituents is 1. The molecule has 1 aliphatic rings. The lowest BCUT2D eigenvalue weighted by Gasteiger charge is -2.33. The zero-order chi connectivity index (χ0) is 24.0. The molecule has 0 saturated carbocycles. The lowest BCUT2D eigenvalue weighted by molar-refractivity contribution is -0.387. The van der Waals surface area contributed by atoms with Crippen molar-refractivity contribution >= 4 is 21.6 Å². The molecule has 0 spiro atoms. The van der Waals surface area contributed by atoms with E-state index in [0.29, 0.717) is 13.2 Å². The second-order valence-corrected chi connectivity index (χ2v) is 8.99. The zero-order valence-electron chi connectivity index (χ0n) is 18.4. The minimum Gasteiger partial charge on any atom is -0.351 e. The van der Waals surface area contributed by atoms with Crippen LogP contribution in [0.15, 0.2) is 35.4 Å². The maximum absolute atomic E-state index is 12.9. The molecule has 0 atom stereocenters. The van der Waals surface area contributed by atoms with Gasteiger partial charge in [-0.05, 0) is 19.9 Å². The number of ether oxygens (including phenoxy) is 2. The number of piperazine rings is 1. The van der Waals surface area contributed by atoms with Crippen molar-refractivity contribution in [3.8, 4) is 0 Å². The molecule has 33 heavy (non-hydrogen) atoms. The highest BCUT2D eigenvalue weighted by atomic mass is 32.2. The standard InChI is InChI=1S/C19H26N6O7S/c1-3-31-18(32-4-2)14-23-13-15(20-21-23)19(26)22-9-11-24(12-10-22)33(29,30)17-8-6-5-7-16(17)25(27)28/h5-8,13,18H,3-4,9-12,14H2,1-2H3. The molecule has 1 aliphatic heterocycles. The van der Waals surface area contributed by atoms with Crippen LogP contribution in [0.1, 0.15) is 24.3 Å². The van der Waals surface area contributed by atoms with E-state index in [4.69, 9.17) is 9.47 Å². The Labute approximate surface area is 191 Å². The van der Waals surface area contributed by atoms with Crippen LogP contribution in [-0.4, -0.2) is 89.1 Å². The van der Waals surface area contributed by atoms with Gasteiger partial charge < -0.3 is 14.4 Å². The van der Waals surface area contributed by atoms with Crippen molar-refractivity contribution in [3.63, 3.8) is 0 Å². The lowest BCUT2D eigenvalue weighted by Crippen LogP contribution is -2.50. The first-order valence-corrected chi connectivity index (χ1v) is 11.9. The minimum atomic E-state index is -4.08. The molecule has 13 nitrogen and oxygen atoms in total.